The van der Waals surface area contributed by atoms with Gasteiger partial charge in [0.05, 0.1) is 11.1 Å². The predicted octanol–water partition coefficient (Wildman–Crippen LogP) is 3.05. The number of aromatic nitrogens is 3. The number of benzene rings is 1. The predicted molar refractivity (Wildman–Crippen MR) is 62.7 cm³/mol. The molecule has 16 heavy (non-hydrogen) atoms. The molecule has 3 aromatic rings. The third kappa shape index (κ3) is 1.40. The lowest BCUT2D eigenvalue weighted by molar-refractivity contribution is 0.569. The molecule has 0 atom stereocenters. The molecule has 1 aromatic carbocycles. The second-order valence-corrected chi connectivity index (χ2v) is 4.09. The standard InChI is InChI=1S/C11H6BrN3O/c12-9-4-3-8(11-15-14-6-16-11)10-7(9)2-1-5-13-10/h1-6H. The largest absolute Gasteiger partial charge is 0.423 e. The summed E-state index contributed by atoms with van der Waals surface area (Å²) < 4.78 is 6.19. The minimum atomic E-state index is 0.483. The monoisotopic (exact) mass is 275 g/mol. The first-order valence-corrected chi connectivity index (χ1v) is 5.45. The van der Waals surface area contributed by atoms with Crippen LogP contribution < -0.4 is 0 Å². The number of nitrogens with zero attached hydrogens (tertiary/aromatic N) is 3. The molecule has 78 valence electrons. The van der Waals surface area contributed by atoms with E-state index in [1.54, 1.807) is 6.20 Å². The number of pyridine rings is 1. The Morgan fingerprint density at radius 2 is 2.12 bits per heavy atom. The molecule has 0 fully saturated rings. The van der Waals surface area contributed by atoms with Crippen molar-refractivity contribution in [1.29, 1.82) is 0 Å². The van der Waals surface area contributed by atoms with E-state index in [2.05, 4.69) is 31.1 Å². The summed E-state index contributed by atoms with van der Waals surface area (Å²) in [6.45, 7) is 0. The van der Waals surface area contributed by atoms with Gasteiger partial charge in [0.15, 0.2) is 0 Å². The summed E-state index contributed by atoms with van der Waals surface area (Å²) in [5, 5.41) is 8.59. The molecule has 0 N–H and O–H groups in total. The van der Waals surface area contributed by atoms with E-state index in [0.29, 0.717) is 5.89 Å². The van der Waals surface area contributed by atoms with Crippen LogP contribution in [-0.4, -0.2) is 15.2 Å². The van der Waals surface area contributed by atoms with Crippen LogP contribution in [0.3, 0.4) is 0 Å². The molecule has 3 rings (SSSR count). The van der Waals surface area contributed by atoms with E-state index in [4.69, 9.17) is 4.42 Å². The second-order valence-electron chi connectivity index (χ2n) is 3.24. The lowest BCUT2D eigenvalue weighted by Crippen LogP contribution is -1.85. The fourth-order valence-electron chi connectivity index (χ4n) is 1.60. The van der Waals surface area contributed by atoms with Gasteiger partial charge < -0.3 is 4.42 Å². The summed E-state index contributed by atoms with van der Waals surface area (Å²) in [6.07, 6.45) is 3.06. The quantitative estimate of drug-likeness (QED) is 0.685. The number of rotatable bonds is 1. The van der Waals surface area contributed by atoms with Crippen molar-refractivity contribution in [2.45, 2.75) is 0 Å². The topological polar surface area (TPSA) is 51.8 Å². The summed E-state index contributed by atoms with van der Waals surface area (Å²) in [5.74, 6) is 0.483. The fraction of sp³-hybridized carbons (Fsp3) is 0. The van der Waals surface area contributed by atoms with E-state index < -0.39 is 0 Å². The zero-order chi connectivity index (χ0) is 11.0. The third-order valence-electron chi connectivity index (χ3n) is 2.31. The van der Waals surface area contributed by atoms with Crippen LogP contribution in [0.1, 0.15) is 0 Å². The summed E-state index contributed by atoms with van der Waals surface area (Å²) in [5.41, 5.74) is 1.69. The first-order valence-electron chi connectivity index (χ1n) is 4.66. The highest BCUT2D eigenvalue weighted by molar-refractivity contribution is 9.10. The minimum Gasteiger partial charge on any atom is -0.423 e. The van der Waals surface area contributed by atoms with Gasteiger partial charge in [-0.05, 0) is 18.2 Å². The number of fused-ring (bicyclic) bond motifs is 1. The lowest BCUT2D eigenvalue weighted by Gasteiger charge is -2.03. The zero-order valence-electron chi connectivity index (χ0n) is 8.09. The molecule has 0 aliphatic rings. The molecule has 0 saturated carbocycles. The average molecular weight is 276 g/mol. The summed E-state index contributed by atoms with van der Waals surface area (Å²) in [4.78, 5) is 4.34. The molecule has 0 aliphatic heterocycles. The van der Waals surface area contributed by atoms with Crippen LogP contribution >= 0.6 is 15.9 Å². The van der Waals surface area contributed by atoms with Gasteiger partial charge in [0.1, 0.15) is 0 Å². The van der Waals surface area contributed by atoms with Crippen molar-refractivity contribution in [3.8, 4) is 11.5 Å². The van der Waals surface area contributed by atoms with Gasteiger partial charge in [-0.25, -0.2) is 0 Å². The van der Waals surface area contributed by atoms with Crippen LogP contribution in [0.4, 0.5) is 0 Å². The highest BCUT2D eigenvalue weighted by Crippen LogP contribution is 2.30. The maximum absolute atomic E-state index is 5.19. The van der Waals surface area contributed by atoms with Gasteiger partial charge in [0, 0.05) is 16.1 Å². The Labute approximate surface area is 99.5 Å². The molecule has 0 aliphatic carbocycles. The smallest absolute Gasteiger partial charge is 0.249 e. The molecule has 2 aromatic heterocycles. The minimum absolute atomic E-state index is 0.483. The van der Waals surface area contributed by atoms with Crippen molar-refractivity contribution in [3.63, 3.8) is 0 Å². The lowest BCUT2D eigenvalue weighted by atomic mass is 10.1. The third-order valence-corrected chi connectivity index (χ3v) is 3.00. The van der Waals surface area contributed by atoms with Gasteiger partial charge in [-0.3, -0.25) is 4.98 Å². The van der Waals surface area contributed by atoms with Gasteiger partial charge in [-0.2, -0.15) is 0 Å². The first kappa shape index (κ1) is 9.47. The van der Waals surface area contributed by atoms with E-state index in [1.165, 1.54) is 6.39 Å². The first-order chi connectivity index (χ1) is 7.86. The maximum Gasteiger partial charge on any atom is 0.249 e. The number of hydrogen-bond donors (Lipinski definition) is 0. The Morgan fingerprint density at radius 1 is 1.19 bits per heavy atom. The summed E-state index contributed by atoms with van der Waals surface area (Å²) in [6, 6.07) is 7.74. The molecule has 4 nitrogen and oxygen atoms in total. The van der Waals surface area contributed by atoms with E-state index >= 15 is 0 Å². The SMILES string of the molecule is Brc1ccc(-c2nnco2)c2ncccc12. The fourth-order valence-corrected chi connectivity index (χ4v) is 2.05. The Bertz CT molecular complexity index is 637. The van der Waals surface area contributed by atoms with Crippen LogP contribution in [0.15, 0.2) is 45.7 Å². The molecule has 5 heteroatoms. The molecule has 0 radical (unpaired) electrons. The Kier molecular flexibility index (Phi) is 2.18. The summed E-state index contributed by atoms with van der Waals surface area (Å²) in [7, 11) is 0. The molecule has 0 bridgehead atoms. The van der Waals surface area contributed by atoms with E-state index in [1.807, 2.05) is 24.3 Å². The molecule has 0 unspecified atom stereocenters. The highest BCUT2D eigenvalue weighted by Gasteiger charge is 2.10. The molecule has 0 amide bonds. The van der Waals surface area contributed by atoms with Crippen molar-refractivity contribution in [2.75, 3.05) is 0 Å². The number of hydrogen-bond acceptors (Lipinski definition) is 4. The van der Waals surface area contributed by atoms with Crippen molar-refractivity contribution in [3.05, 3.63) is 41.3 Å². The van der Waals surface area contributed by atoms with E-state index in [9.17, 15) is 0 Å². The Hall–Kier alpha value is -1.75. The molecule has 0 saturated heterocycles. The van der Waals surface area contributed by atoms with Gasteiger partial charge in [0.2, 0.25) is 12.3 Å². The second kappa shape index (κ2) is 3.68. The van der Waals surface area contributed by atoms with Crippen LogP contribution in [0, 0.1) is 0 Å². The molecule has 0 spiro atoms. The summed E-state index contributed by atoms with van der Waals surface area (Å²) >= 11 is 3.49. The Balaban J connectivity index is 2.39. The van der Waals surface area contributed by atoms with Crippen molar-refractivity contribution in [1.82, 2.24) is 15.2 Å². The van der Waals surface area contributed by atoms with Gasteiger partial charge in [0.25, 0.3) is 0 Å². The molecular weight excluding hydrogens is 270 g/mol. The Morgan fingerprint density at radius 3 is 2.94 bits per heavy atom. The van der Waals surface area contributed by atoms with Gasteiger partial charge >= 0.3 is 0 Å². The van der Waals surface area contributed by atoms with E-state index in [0.717, 1.165) is 20.9 Å². The van der Waals surface area contributed by atoms with Crippen LogP contribution in [0.5, 0.6) is 0 Å². The van der Waals surface area contributed by atoms with Crippen LogP contribution in [0.2, 0.25) is 0 Å². The van der Waals surface area contributed by atoms with Crippen molar-refractivity contribution < 1.29 is 4.42 Å². The van der Waals surface area contributed by atoms with Crippen molar-refractivity contribution >= 4 is 26.8 Å². The van der Waals surface area contributed by atoms with Gasteiger partial charge in [-0.1, -0.05) is 22.0 Å². The molecule has 2 heterocycles. The number of halogens is 1. The highest BCUT2D eigenvalue weighted by atomic mass is 79.9. The average Bonchev–Trinajstić information content (AvgIpc) is 2.83. The van der Waals surface area contributed by atoms with Crippen LogP contribution in [-0.2, 0) is 0 Å². The van der Waals surface area contributed by atoms with Crippen LogP contribution in [0.25, 0.3) is 22.4 Å². The maximum atomic E-state index is 5.19. The van der Waals surface area contributed by atoms with Crippen molar-refractivity contribution in [2.24, 2.45) is 0 Å². The van der Waals surface area contributed by atoms with Gasteiger partial charge in [-0.15, -0.1) is 10.2 Å². The van der Waals surface area contributed by atoms with E-state index in [-0.39, 0.29) is 0 Å². The molecular formula is C11H6BrN3O. The normalized spacial score (nSPS) is 10.8. The zero-order valence-corrected chi connectivity index (χ0v) is 9.68.